The van der Waals surface area contributed by atoms with Crippen molar-refractivity contribution in [3.8, 4) is 0 Å². The van der Waals surface area contributed by atoms with Crippen LogP contribution >= 0.6 is 0 Å². The molecule has 0 spiro atoms. The molecule has 18 heavy (non-hydrogen) atoms. The average Bonchev–Trinajstić information content (AvgIpc) is 2.38. The van der Waals surface area contributed by atoms with Crippen LogP contribution in [0.15, 0.2) is 55.1 Å². The van der Waals surface area contributed by atoms with Gasteiger partial charge in [-0.2, -0.15) is 0 Å². The van der Waals surface area contributed by atoms with Crippen LogP contribution in [0, 0.1) is 13.8 Å². The van der Waals surface area contributed by atoms with E-state index < -0.39 is 0 Å². The van der Waals surface area contributed by atoms with E-state index in [1.54, 1.807) is 0 Å². The Morgan fingerprint density at radius 1 is 0.889 bits per heavy atom. The van der Waals surface area contributed by atoms with Crippen molar-refractivity contribution in [2.45, 2.75) is 26.7 Å². The molecule has 2 rings (SSSR count). The Morgan fingerprint density at radius 3 is 2.17 bits per heavy atom. The first kappa shape index (κ1) is 12.6. The van der Waals surface area contributed by atoms with Crippen LogP contribution < -0.4 is 0 Å². The molecular formula is C18H20. The quantitative estimate of drug-likeness (QED) is 0.704. The fourth-order valence-electron chi connectivity index (χ4n) is 2.28. The first-order valence-electron chi connectivity index (χ1n) is 6.47. The molecule has 0 bridgehead atoms. The van der Waals surface area contributed by atoms with Gasteiger partial charge in [-0.05, 0) is 54.5 Å². The zero-order valence-corrected chi connectivity index (χ0v) is 11.2. The van der Waals surface area contributed by atoms with Gasteiger partial charge in [-0.1, -0.05) is 55.1 Å². The Balaban J connectivity index is 2.06. The standard InChI is InChI=1S/C18H20/c1-14-8-4-6-10-17(14)13-12-16(3)18-11-7-5-9-15(18)2/h4-11H,3,12-13H2,1-2H3. The number of rotatable bonds is 4. The molecule has 2 aromatic carbocycles. The van der Waals surface area contributed by atoms with E-state index in [1.807, 2.05) is 0 Å². The van der Waals surface area contributed by atoms with E-state index in [0.717, 1.165) is 12.8 Å². The minimum atomic E-state index is 1.02. The maximum absolute atomic E-state index is 4.23. The minimum absolute atomic E-state index is 1.02. The molecule has 2 aromatic rings. The fraction of sp³-hybridized carbons (Fsp3) is 0.222. The third-order valence-electron chi connectivity index (χ3n) is 3.48. The molecule has 0 aliphatic carbocycles. The summed E-state index contributed by atoms with van der Waals surface area (Å²) in [5.41, 5.74) is 6.64. The van der Waals surface area contributed by atoms with Crippen LogP contribution in [-0.4, -0.2) is 0 Å². The van der Waals surface area contributed by atoms with Gasteiger partial charge in [0, 0.05) is 0 Å². The van der Waals surface area contributed by atoms with Crippen molar-refractivity contribution in [3.05, 3.63) is 77.4 Å². The average molecular weight is 236 g/mol. The summed E-state index contributed by atoms with van der Waals surface area (Å²) in [6, 6.07) is 17.1. The normalized spacial score (nSPS) is 10.3. The van der Waals surface area contributed by atoms with Crippen LogP contribution in [0.3, 0.4) is 0 Å². The summed E-state index contributed by atoms with van der Waals surface area (Å²) in [7, 11) is 0. The molecule has 0 heteroatoms. The summed E-state index contributed by atoms with van der Waals surface area (Å²) in [5.74, 6) is 0. The number of hydrogen-bond acceptors (Lipinski definition) is 0. The number of hydrogen-bond donors (Lipinski definition) is 0. The first-order valence-corrected chi connectivity index (χ1v) is 6.47. The molecule has 0 aliphatic heterocycles. The van der Waals surface area contributed by atoms with Crippen LogP contribution in [0.1, 0.15) is 28.7 Å². The van der Waals surface area contributed by atoms with E-state index in [9.17, 15) is 0 Å². The molecule has 0 saturated carbocycles. The second-order valence-corrected chi connectivity index (χ2v) is 4.84. The lowest BCUT2D eigenvalue weighted by Gasteiger charge is -2.10. The molecular weight excluding hydrogens is 216 g/mol. The molecule has 0 amide bonds. The van der Waals surface area contributed by atoms with E-state index >= 15 is 0 Å². The molecule has 0 aromatic heterocycles. The third-order valence-corrected chi connectivity index (χ3v) is 3.48. The number of aryl methyl sites for hydroxylation is 3. The lowest BCUT2D eigenvalue weighted by molar-refractivity contribution is 1.00. The van der Waals surface area contributed by atoms with Gasteiger partial charge in [-0.15, -0.1) is 0 Å². The van der Waals surface area contributed by atoms with E-state index in [0.29, 0.717) is 0 Å². The third kappa shape index (κ3) is 2.89. The van der Waals surface area contributed by atoms with Gasteiger partial charge in [0.2, 0.25) is 0 Å². The SMILES string of the molecule is C=C(CCc1ccccc1C)c1ccccc1C. The van der Waals surface area contributed by atoms with E-state index in [1.165, 1.54) is 27.8 Å². The van der Waals surface area contributed by atoms with Gasteiger partial charge in [0.25, 0.3) is 0 Å². The van der Waals surface area contributed by atoms with Crippen molar-refractivity contribution in [2.75, 3.05) is 0 Å². The lowest BCUT2D eigenvalue weighted by atomic mass is 9.95. The number of allylic oxidation sites excluding steroid dienone is 1. The largest absolute Gasteiger partial charge is 0.0952 e. The number of benzene rings is 2. The van der Waals surface area contributed by atoms with Gasteiger partial charge < -0.3 is 0 Å². The van der Waals surface area contributed by atoms with Gasteiger partial charge in [0.1, 0.15) is 0 Å². The van der Waals surface area contributed by atoms with Crippen LogP contribution in [0.4, 0.5) is 0 Å². The minimum Gasteiger partial charge on any atom is -0.0952 e. The highest BCUT2D eigenvalue weighted by atomic mass is 14.1. The maximum atomic E-state index is 4.23. The lowest BCUT2D eigenvalue weighted by Crippen LogP contribution is -1.93. The van der Waals surface area contributed by atoms with E-state index in [4.69, 9.17) is 0 Å². The van der Waals surface area contributed by atoms with Crippen LogP contribution in [-0.2, 0) is 6.42 Å². The van der Waals surface area contributed by atoms with Gasteiger partial charge in [-0.3, -0.25) is 0 Å². The second kappa shape index (κ2) is 5.68. The summed E-state index contributed by atoms with van der Waals surface area (Å²) in [5, 5.41) is 0. The van der Waals surface area contributed by atoms with Gasteiger partial charge in [0.15, 0.2) is 0 Å². The topological polar surface area (TPSA) is 0 Å². The zero-order valence-electron chi connectivity index (χ0n) is 11.2. The highest BCUT2D eigenvalue weighted by molar-refractivity contribution is 5.66. The van der Waals surface area contributed by atoms with Crippen molar-refractivity contribution in [3.63, 3.8) is 0 Å². The van der Waals surface area contributed by atoms with Gasteiger partial charge >= 0.3 is 0 Å². The molecule has 0 radical (unpaired) electrons. The molecule has 0 unspecified atom stereocenters. The Bertz CT molecular complexity index is 549. The summed E-state index contributed by atoms with van der Waals surface area (Å²) in [6.07, 6.45) is 2.09. The second-order valence-electron chi connectivity index (χ2n) is 4.84. The summed E-state index contributed by atoms with van der Waals surface area (Å²) >= 11 is 0. The maximum Gasteiger partial charge on any atom is -0.0201 e. The molecule has 92 valence electrons. The summed E-state index contributed by atoms with van der Waals surface area (Å²) < 4.78 is 0. The van der Waals surface area contributed by atoms with Crippen LogP contribution in [0.2, 0.25) is 0 Å². The molecule has 0 atom stereocenters. The highest BCUT2D eigenvalue weighted by Crippen LogP contribution is 2.22. The smallest absolute Gasteiger partial charge is 0.0201 e. The van der Waals surface area contributed by atoms with Crippen molar-refractivity contribution < 1.29 is 0 Å². The van der Waals surface area contributed by atoms with Crippen molar-refractivity contribution in [1.29, 1.82) is 0 Å². The van der Waals surface area contributed by atoms with Crippen molar-refractivity contribution in [2.24, 2.45) is 0 Å². The van der Waals surface area contributed by atoms with Crippen molar-refractivity contribution >= 4 is 5.57 Å². The molecule has 0 saturated heterocycles. The predicted molar refractivity (Wildman–Crippen MR) is 79.7 cm³/mol. The Hall–Kier alpha value is -1.82. The Labute approximate surface area is 110 Å². The monoisotopic (exact) mass is 236 g/mol. The predicted octanol–water partition coefficient (Wildman–Crippen LogP) is 4.95. The summed E-state index contributed by atoms with van der Waals surface area (Å²) in [4.78, 5) is 0. The van der Waals surface area contributed by atoms with E-state index in [-0.39, 0.29) is 0 Å². The van der Waals surface area contributed by atoms with Crippen LogP contribution in [0.5, 0.6) is 0 Å². The zero-order chi connectivity index (χ0) is 13.0. The molecule has 0 aliphatic rings. The Kier molecular flexibility index (Phi) is 3.99. The molecule has 0 fully saturated rings. The summed E-state index contributed by atoms with van der Waals surface area (Å²) in [6.45, 7) is 8.55. The van der Waals surface area contributed by atoms with Crippen LogP contribution in [0.25, 0.3) is 5.57 Å². The molecule has 0 heterocycles. The van der Waals surface area contributed by atoms with Gasteiger partial charge in [-0.25, -0.2) is 0 Å². The molecule has 0 nitrogen and oxygen atoms in total. The highest BCUT2D eigenvalue weighted by Gasteiger charge is 2.03. The Morgan fingerprint density at radius 2 is 1.50 bits per heavy atom. The first-order chi connectivity index (χ1) is 8.68. The van der Waals surface area contributed by atoms with E-state index in [2.05, 4.69) is 69.0 Å². The van der Waals surface area contributed by atoms with Gasteiger partial charge in [0.05, 0.1) is 0 Å². The van der Waals surface area contributed by atoms with Crippen molar-refractivity contribution in [1.82, 2.24) is 0 Å². The fourth-order valence-corrected chi connectivity index (χ4v) is 2.28. The molecule has 0 N–H and O–H groups in total.